The second kappa shape index (κ2) is 7.31. The SMILES string of the molecule is Cc1cccc(Cl)c1-n1ncc2c1COC[C@@H]2NC(=O)c1ncn2c1CCCC2. The van der Waals surface area contributed by atoms with Gasteiger partial charge in [0.15, 0.2) is 0 Å². The fourth-order valence-electron chi connectivity index (χ4n) is 4.24. The predicted molar refractivity (Wildman–Crippen MR) is 108 cm³/mol. The molecule has 0 radical (unpaired) electrons. The van der Waals surface area contributed by atoms with Gasteiger partial charge in [-0.05, 0) is 37.8 Å². The number of aryl methyl sites for hydroxylation is 2. The number of para-hydroxylation sites is 1. The highest BCUT2D eigenvalue weighted by Gasteiger charge is 2.29. The first-order chi connectivity index (χ1) is 14.1. The first kappa shape index (κ1) is 18.4. The number of nitrogens with one attached hydrogen (secondary N) is 1. The standard InChI is InChI=1S/C21H22ClN5O2/c1-13-5-4-6-15(22)20(13)27-18-11-29-10-16(14(18)9-24-27)25-21(28)19-17-7-2-3-8-26(17)12-23-19/h4-6,9,12,16H,2-3,7-8,10-11H2,1H3,(H,25,28)/t16-/m0/s1. The molecule has 7 nitrogen and oxygen atoms in total. The van der Waals surface area contributed by atoms with E-state index in [2.05, 4.69) is 20.0 Å². The van der Waals surface area contributed by atoms with Crippen molar-refractivity contribution >= 4 is 17.5 Å². The van der Waals surface area contributed by atoms with Crippen LogP contribution in [0.3, 0.4) is 0 Å². The Kier molecular flexibility index (Phi) is 4.64. The summed E-state index contributed by atoms with van der Waals surface area (Å²) in [6, 6.07) is 5.49. The van der Waals surface area contributed by atoms with Crippen LogP contribution in [0.25, 0.3) is 5.69 Å². The van der Waals surface area contributed by atoms with E-state index in [1.165, 1.54) is 0 Å². The highest BCUT2D eigenvalue weighted by molar-refractivity contribution is 6.32. The molecule has 2 aromatic heterocycles. The number of hydrogen-bond donors (Lipinski definition) is 1. The van der Waals surface area contributed by atoms with E-state index in [0.717, 1.165) is 54.0 Å². The Hall–Kier alpha value is -2.64. The molecule has 150 valence electrons. The summed E-state index contributed by atoms with van der Waals surface area (Å²) >= 11 is 6.44. The van der Waals surface area contributed by atoms with Crippen molar-refractivity contribution in [2.75, 3.05) is 6.61 Å². The molecule has 0 unspecified atom stereocenters. The van der Waals surface area contributed by atoms with Crippen molar-refractivity contribution < 1.29 is 9.53 Å². The average molecular weight is 412 g/mol. The molecule has 1 N–H and O–H groups in total. The molecule has 0 spiro atoms. The topological polar surface area (TPSA) is 74.0 Å². The summed E-state index contributed by atoms with van der Waals surface area (Å²) in [5.41, 5.74) is 5.27. The monoisotopic (exact) mass is 411 g/mol. The molecule has 0 bridgehead atoms. The van der Waals surface area contributed by atoms with Gasteiger partial charge in [0, 0.05) is 12.1 Å². The van der Waals surface area contributed by atoms with Crippen molar-refractivity contribution in [1.29, 1.82) is 0 Å². The fourth-order valence-corrected chi connectivity index (χ4v) is 4.54. The normalized spacial score (nSPS) is 18.2. The lowest BCUT2D eigenvalue weighted by Crippen LogP contribution is -2.35. The lowest BCUT2D eigenvalue weighted by atomic mass is 10.0. The van der Waals surface area contributed by atoms with Crippen molar-refractivity contribution in [1.82, 2.24) is 24.6 Å². The number of nitrogens with zero attached hydrogens (tertiary/aromatic N) is 4. The number of fused-ring (bicyclic) bond motifs is 2. The van der Waals surface area contributed by atoms with Gasteiger partial charge in [0.25, 0.3) is 5.91 Å². The van der Waals surface area contributed by atoms with Crippen LogP contribution in [-0.2, 0) is 24.3 Å². The van der Waals surface area contributed by atoms with Crippen molar-refractivity contribution in [3.8, 4) is 5.69 Å². The van der Waals surface area contributed by atoms with E-state index in [1.54, 1.807) is 12.5 Å². The minimum Gasteiger partial charge on any atom is -0.373 e. The van der Waals surface area contributed by atoms with Gasteiger partial charge < -0.3 is 14.6 Å². The molecule has 0 saturated heterocycles. The van der Waals surface area contributed by atoms with E-state index in [1.807, 2.05) is 29.8 Å². The largest absolute Gasteiger partial charge is 0.373 e. The summed E-state index contributed by atoms with van der Waals surface area (Å²) in [4.78, 5) is 17.3. The predicted octanol–water partition coefficient (Wildman–Crippen LogP) is 3.37. The Labute approximate surface area is 173 Å². The van der Waals surface area contributed by atoms with Crippen LogP contribution in [0.1, 0.15) is 51.9 Å². The Morgan fingerprint density at radius 3 is 3.07 bits per heavy atom. The lowest BCUT2D eigenvalue weighted by Gasteiger charge is -2.25. The Morgan fingerprint density at radius 1 is 1.31 bits per heavy atom. The number of hydrogen-bond acceptors (Lipinski definition) is 4. The molecule has 2 aliphatic rings. The highest BCUT2D eigenvalue weighted by Crippen LogP contribution is 2.31. The molecule has 2 aliphatic heterocycles. The fraction of sp³-hybridized carbons (Fsp3) is 0.381. The minimum atomic E-state index is -0.274. The van der Waals surface area contributed by atoms with Gasteiger partial charge in [-0.2, -0.15) is 5.10 Å². The van der Waals surface area contributed by atoms with Crippen LogP contribution < -0.4 is 5.32 Å². The number of rotatable bonds is 3. The van der Waals surface area contributed by atoms with Gasteiger partial charge in [0.2, 0.25) is 0 Å². The van der Waals surface area contributed by atoms with E-state index < -0.39 is 0 Å². The maximum absolute atomic E-state index is 12.9. The molecule has 1 amide bonds. The Balaban J connectivity index is 1.44. The third-order valence-electron chi connectivity index (χ3n) is 5.73. The highest BCUT2D eigenvalue weighted by atomic mass is 35.5. The van der Waals surface area contributed by atoms with Crippen LogP contribution in [0.5, 0.6) is 0 Å². The maximum atomic E-state index is 12.9. The number of benzene rings is 1. The van der Waals surface area contributed by atoms with Gasteiger partial charge in [-0.25, -0.2) is 9.67 Å². The zero-order valence-corrected chi connectivity index (χ0v) is 16.9. The number of halogens is 1. The molecule has 4 heterocycles. The van der Waals surface area contributed by atoms with Gasteiger partial charge in [-0.3, -0.25) is 4.79 Å². The van der Waals surface area contributed by atoms with Crippen LogP contribution in [0.4, 0.5) is 0 Å². The molecule has 0 saturated carbocycles. The second-order valence-corrected chi connectivity index (χ2v) is 8.00. The van der Waals surface area contributed by atoms with Gasteiger partial charge in [-0.1, -0.05) is 23.7 Å². The molecule has 8 heteroatoms. The summed E-state index contributed by atoms with van der Waals surface area (Å²) < 4.78 is 9.70. The van der Waals surface area contributed by atoms with Crippen LogP contribution in [-0.4, -0.2) is 31.8 Å². The van der Waals surface area contributed by atoms with Gasteiger partial charge in [0.05, 0.1) is 53.9 Å². The number of aromatic nitrogens is 4. The first-order valence-corrected chi connectivity index (χ1v) is 10.3. The Bertz CT molecular complexity index is 1070. The lowest BCUT2D eigenvalue weighted by molar-refractivity contribution is 0.0684. The first-order valence-electron chi connectivity index (χ1n) is 9.88. The third kappa shape index (κ3) is 3.14. The summed E-state index contributed by atoms with van der Waals surface area (Å²) in [6.07, 6.45) is 6.68. The van der Waals surface area contributed by atoms with E-state index in [-0.39, 0.29) is 11.9 Å². The van der Waals surface area contributed by atoms with Crippen molar-refractivity contribution in [3.05, 3.63) is 64.0 Å². The number of imidazole rings is 1. The number of carbonyl (C=O) groups is 1. The van der Waals surface area contributed by atoms with E-state index in [4.69, 9.17) is 16.3 Å². The average Bonchev–Trinajstić information content (AvgIpc) is 3.33. The molecule has 0 aliphatic carbocycles. The third-order valence-corrected chi connectivity index (χ3v) is 6.03. The van der Waals surface area contributed by atoms with E-state index in [9.17, 15) is 4.79 Å². The Morgan fingerprint density at radius 2 is 2.21 bits per heavy atom. The number of amides is 1. The van der Waals surface area contributed by atoms with Crippen molar-refractivity contribution in [2.45, 2.75) is 45.4 Å². The van der Waals surface area contributed by atoms with Crippen LogP contribution in [0.2, 0.25) is 5.02 Å². The molecule has 1 atom stereocenters. The zero-order valence-electron chi connectivity index (χ0n) is 16.2. The molecule has 0 fully saturated rings. The molecule has 29 heavy (non-hydrogen) atoms. The summed E-state index contributed by atoms with van der Waals surface area (Å²) in [5, 5.41) is 8.29. The molecule has 5 rings (SSSR count). The van der Waals surface area contributed by atoms with Crippen LogP contribution >= 0.6 is 11.6 Å². The smallest absolute Gasteiger partial charge is 0.272 e. The van der Waals surface area contributed by atoms with Crippen LogP contribution in [0.15, 0.2) is 30.7 Å². The number of ether oxygens (including phenoxy) is 1. The number of carbonyl (C=O) groups excluding carboxylic acids is 1. The van der Waals surface area contributed by atoms with Crippen LogP contribution in [0, 0.1) is 6.92 Å². The van der Waals surface area contributed by atoms with E-state index in [0.29, 0.717) is 23.9 Å². The van der Waals surface area contributed by atoms with E-state index >= 15 is 0 Å². The van der Waals surface area contributed by atoms with Gasteiger partial charge in [-0.15, -0.1) is 0 Å². The maximum Gasteiger partial charge on any atom is 0.272 e. The second-order valence-electron chi connectivity index (χ2n) is 7.60. The zero-order chi connectivity index (χ0) is 20.0. The molecule has 1 aromatic carbocycles. The van der Waals surface area contributed by atoms with Gasteiger partial charge in [0.1, 0.15) is 5.69 Å². The minimum absolute atomic E-state index is 0.163. The quantitative estimate of drug-likeness (QED) is 0.717. The summed E-state index contributed by atoms with van der Waals surface area (Å²) in [6.45, 7) is 3.75. The molecular weight excluding hydrogens is 390 g/mol. The molecule has 3 aromatic rings. The summed E-state index contributed by atoms with van der Waals surface area (Å²) in [5.74, 6) is -0.163. The van der Waals surface area contributed by atoms with Gasteiger partial charge >= 0.3 is 0 Å². The van der Waals surface area contributed by atoms with Crippen molar-refractivity contribution in [3.63, 3.8) is 0 Å². The van der Waals surface area contributed by atoms with Crippen molar-refractivity contribution in [2.24, 2.45) is 0 Å². The summed E-state index contributed by atoms with van der Waals surface area (Å²) in [7, 11) is 0. The molecular formula is C21H22ClN5O2.